The van der Waals surface area contributed by atoms with Gasteiger partial charge in [0.1, 0.15) is 0 Å². The van der Waals surface area contributed by atoms with Gasteiger partial charge in [-0.1, -0.05) is 39.5 Å². The van der Waals surface area contributed by atoms with Crippen molar-refractivity contribution in [3.63, 3.8) is 0 Å². The van der Waals surface area contributed by atoms with Crippen LogP contribution in [0.4, 0.5) is 11.4 Å². The van der Waals surface area contributed by atoms with Crippen molar-refractivity contribution in [1.29, 1.82) is 0 Å². The number of hydrogen-bond donors (Lipinski definition) is 2. The van der Waals surface area contributed by atoms with Crippen molar-refractivity contribution >= 4 is 17.3 Å². The summed E-state index contributed by atoms with van der Waals surface area (Å²) >= 11 is 0. The van der Waals surface area contributed by atoms with Crippen molar-refractivity contribution in [2.75, 3.05) is 24.6 Å². The molecule has 1 amide bonds. The quantitative estimate of drug-likeness (QED) is 0.538. The van der Waals surface area contributed by atoms with E-state index < -0.39 is 0 Å². The van der Waals surface area contributed by atoms with E-state index in [4.69, 9.17) is 11.5 Å². The molecular formula is C17H29N3O. The molecule has 0 aliphatic carbocycles. The lowest BCUT2D eigenvalue weighted by atomic mass is 10.1. The number of carbonyl (C=O) groups is 1. The number of benzene rings is 1. The molecule has 0 radical (unpaired) electrons. The van der Waals surface area contributed by atoms with Crippen LogP contribution in [0.2, 0.25) is 0 Å². The second-order valence-electron chi connectivity index (χ2n) is 5.55. The molecule has 0 aromatic heterocycles. The Kier molecular flexibility index (Phi) is 7.65. The zero-order valence-electron chi connectivity index (χ0n) is 13.4. The van der Waals surface area contributed by atoms with Crippen molar-refractivity contribution in [2.45, 2.75) is 52.4 Å². The minimum absolute atomic E-state index is 0.0275. The maximum Gasteiger partial charge on any atom is 0.255 e. The van der Waals surface area contributed by atoms with Crippen LogP contribution in [0.3, 0.4) is 0 Å². The number of anilines is 2. The molecule has 4 heteroatoms. The highest BCUT2D eigenvalue weighted by atomic mass is 16.2. The SMILES string of the molecule is CCCCCN(CCCCC)C(=O)c1ccc(N)cc1N. The fourth-order valence-corrected chi connectivity index (χ4v) is 2.37. The Bertz CT molecular complexity index is 436. The maximum absolute atomic E-state index is 12.7. The molecule has 1 rings (SSSR count). The fraction of sp³-hybridized carbons (Fsp3) is 0.588. The number of unbranched alkanes of at least 4 members (excludes halogenated alkanes) is 4. The van der Waals surface area contributed by atoms with Crippen LogP contribution >= 0.6 is 0 Å². The summed E-state index contributed by atoms with van der Waals surface area (Å²) in [5.41, 5.74) is 13.3. The minimum atomic E-state index is 0.0275. The lowest BCUT2D eigenvalue weighted by Gasteiger charge is -2.23. The summed E-state index contributed by atoms with van der Waals surface area (Å²) in [5.74, 6) is 0.0275. The maximum atomic E-state index is 12.7. The van der Waals surface area contributed by atoms with Crippen LogP contribution in [0.15, 0.2) is 18.2 Å². The van der Waals surface area contributed by atoms with Crippen LogP contribution in [0.1, 0.15) is 62.7 Å². The van der Waals surface area contributed by atoms with Crippen molar-refractivity contribution in [3.05, 3.63) is 23.8 Å². The highest BCUT2D eigenvalue weighted by Crippen LogP contribution is 2.18. The van der Waals surface area contributed by atoms with E-state index in [0.29, 0.717) is 16.9 Å². The van der Waals surface area contributed by atoms with E-state index in [9.17, 15) is 4.79 Å². The van der Waals surface area contributed by atoms with E-state index in [0.717, 1.165) is 51.6 Å². The number of nitrogen functional groups attached to an aromatic ring is 2. The Labute approximate surface area is 128 Å². The monoisotopic (exact) mass is 291 g/mol. The third kappa shape index (κ3) is 5.66. The topological polar surface area (TPSA) is 72.3 Å². The molecule has 0 bridgehead atoms. The first-order valence-electron chi connectivity index (χ1n) is 8.04. The lowest BCUT2D eigenvalue weighted by Crippen LogP contribution is -2.33. The van der Waals surface area contributed by atoms with Crippen LogP contribution in [0.25, 0.3) is 0 Å². The van der Waals surface area contributed by atoms with Crippen molar-refractivity contribution in [3.8, 4) is 0 Å². The molecule has 0 spiro atoms. The van der Waals surface area contributed by atoms with Gasteiger partial charge in [-0.05, 0) is 31.0 Å². The second kappa shape index (κ2) is 9.27. The normalized spacial score (nSPS) is 10.6. The van der Waals surface area contributed by atoms with Crippen LogP contribution in [-0.2, 0) is 0 Å². The highest BCUT2D eigenvalue weighted by molar-refractivity contribution is 5.99. The second-order valence-corrected chi connectivity index (χ2v) is 5.55. The first kappa shape index (κ1) is 17.3. The van der Waals surface area contributed by atoms with Gasteiger partial charge in [0.2, 0.25) is 0 Å². The summed E-state index contributed by atoms with van der Waals surface area (Å²) in [6.07, 6.45) is 6.69. The van der Waals surface area contributed by atoms with Gasteiger partial charge < -0.3 is 16.4 Å². The summed E-state index contributed by atoms with van der Waals surface area (Å²) in [5, 5.41) is 0. The molecule has 0 saturated heterocycles. The van der Waals surface area contributed by atoms with E-state index in [1.54, 1.807) is 18.2 Å². The third-order valence-corrected chi connectivity index (χ3v) is 3.66. The fourth-order valence-electron chi connectivity index (χ4n) is 2.37. The zero-order valence-corrected chi connectivity index (χ0v) is 13.4. The number of carbonyl (C=O) groups excluding carboxylic acids is 1. The van der Waals surface area contributed by atoms with E-state index in [-0.39, 0.29) is 5.91 Å². The Morgan fingerprint density at radius 3 is 2.05 bits per heavy atom. The van der Waals surface area contributed by atoms with Gasteiger partial charge in [-0.3, -0.25) is 4.79 Å². The molecule has 4 nitrogen and oxygen atoms in total. The van der Waals surface area contributed by atoms with Gasteiger partial charge in [-0.15, -0.1) is 0 Å². The number of rotatable bonds is 9. The third-order valence-electron chi connectivity index (χ3n) is 3.66. The van der Waals surface area contributed by atoms with Gasteiger partial charge in [0, 0.05) is 24.5 Å². The Morgan fingerprint density at radius 2 is 1.57 bits per heavy atom. The van der Waals surface area contributed by atoms with E-state index >= 15 is 0 Å². The molecule has 1 aromatic carbocycles. The largest absolute Gasteiger partial charge is 0.399 e. The Morgan fingerprint density at radius 1 is 1.00 bits per heavy atom. The summed E-state index contributed by atoms with van der Waals surface area (Å²) in [7, 11) is 0. The lowest BCUT2D eigenvalue weighted by molar-refractivity contribution is 0.0750. The first-order chi connectivity index (χ1) is 10.1. The summed E-state index contributed by atoms with van der Waals surface area (Å²) in [4.78, 5) is 14.6. The first-order valence-corrected chi connectivity index (χ1v) is 8.04. The zero-order chi connectivity index (χ0) is 15.7. The molecule has 4 N–H and O–H groups in total. The Balaban J connectivity index is 2.76. The molecule has 1 aromatic rings. The standard InChI is InChI=1S/C17H29N3O/c1-3-5-7-11-20(12-8-6-4-2)17(21)15-10-9-14(18)13-16(15)19/h9-10,13H,3-8,11-12,18-19H2,1-2H3. The number of nitrogens with two attached hydrogens (primary N) is 2. The highest BCUT2D eigenvalue weighted by Gasteiger charge is 2.17. The molecule has 118 valence electrons. The molecule has 21 heavy (non-hydrogen) atoms. The Hall–Kier alpha value is -1.71. The van der Waals surface area contributed by atoms with Gasteiger partial charge in [0.05, 0.1) is 5.56 Å². The predicted molar refractivity (Wildman–Crippen MR) is 90.2 cm³/mol. The number of hydrogen-bond acceptors (Lipinski definition) is 3. The number of nitrogens with zero attached hydrogens (tertiary/aromatic N) is 1. The van der Waals surface area contributed by atoms with Crippen molar-refractivity contribution < 1.29 is 4.79 Å². The molecular weight excluding hydrogens is 262 g/mol. The van der Waals surface area contributed by atoms with Gasteiger partial charge >= 0.3 is 0 Å². The summed E-state index contributed by atoms with van der Waals surface area (Å²) in [6, 6.07) is 5.13. The van der Waals surface area contributed by atoms with Gasteiger partial charge in [-0.2, -0.15) is 0 Å². The summed E-state index contributed by atoms with van der Waals surface area (Å²) < 4.78 is 0. The van der Waals surface area contributed by atoms with Crippen LogP contribution in [-0.4, -0.2) is 23.9 Å². The average Bonchev–Trinajstić information content (AvgIpc) is 2.45. The molecule has 0 saturated carbocycles. The van der Waals surface area contributed by atoms with E-state index in [1.807, 2.05) is 4.90 Å². The average molecular weight is 291 g/mol. The molecule has 0 aliphatic heterocycles. The van der Waals surface area contributed by atoms with E-state index in [2.05, 4.69) is 13.8 Å². The van der Waals surface area contributed by atoms with Gasteiger partial charge in [0.25, 0.3) is 5.91 Å². The smallest absolute Gasteiger partial charge is 0.255 e. The van der Waals surface area contributed by atoms with Crippen molar-refractivity contribution in [1.82, 2.24) is 4.90 Å². The van der Waals surface area contributed by atoms with Crippen LogP contribution in [0, 0.1) is 0 Å². The van der Waals surface area contributed by atoms with Crippen molar-refractivity contribution in [2.24, 2.45) is 0 Å². The molecule has 0 heterocycles. The number of amides is 1. The predicted octanol–water partition coefficient (Wildman–Crippen LogP) is 3.67. The minimum Gasteiger partial charge on any atom is -0.399 e. The molecule has 0 fully saturated rings. The van der Waals surface area contributed by atoms with Gasteiger partial charge in [0.15, 0.2) is 0 Å². The molecule has 0 aliphatic rings. The summed E-state index contributed by atoms with van der Waals surface area (Å²) in [6.45, 7) is 5.95. The molecule has 0 atom stereocenters. The van der Waals surface area contributed by atoms with Crippen LogP contribution < -0.4 is 11.5 Å². The van der Waals surface area contributed by atoms with Crippen LogP contribution in [0.5, 0.6) is 0 Å². The van der Waals surface area contributed by atoms with Gasteiger partial charge in [-0.25, -0.2) is 0 Å². The molecule has 0 unspecified atom stereocenters. The van der Waals surface area contributed by atoms with E-state index in [1.165, 1.54) is 0 Å².